The summed E-state index contributed by atoms with van der Waals surface area (Å²) in [6.45, 7) is 0.727. The molecule has 0 fully saturated rings. The van der Waals surface area contributed by atoms with Crippen molar-refractivity contribution in [3.8, 4) is 0 Å². The first kappa shape index (κ1) is 16.9. The summed E-state index contributed by atoms with van der Waals surface area (Å²) in [7, 11) is 1.39. The second-order valence-electron chi connectivity index (χ2n) is 4.52. The molecule has 8 heteroatoms. The fourth-order valence-corrected chi connectivity index (χ4v) is 1.57. The molecular formula is C13H18FN3O4. The minimum Gasteiger partial charge on any atom is -0.394 e. The van der Waals surface area contributed by atoms with E-state index in [1.165, 1.54) is 26.1 Å². The zero-order valence-corrected chi connectivity index (χ0v) is 11.8. The van der Waals surface area contributed by atoms with Crippen molar-refractivity contribution in [3.05, 3.63) is 24.0 Å². The van der Waals surface area contributed by atoms with E-state index in [4.69, 9.17) is 5.11 Å². The van der Waals surface area contributed by atoms with Crippen LogP contribution in [0.3, 0.4) is 0 Å². The number of benzene rings is 1. The highest BCUT2D eigenvalue weighted by Gasteiger charge is 2.15. The van der Waals surface area contributed by atoms with E-state index in [-0.39, 0.29) is 18.1 Å². The van der Waals surface area contributed by atoms with Gasteiger partial charge >= 0.3 is 6.03 Å². The van der Waals surface area contributed by atoms with Gasteiger partial charge in [-0.3, -0.25) is 4.79 Å². The summed E-state index contributed by atoms with van der Waals surface area (Å²) in [6, 6.07) is 3.11. The molecular weight excluding hydrogens is 281 g/mol. The molecule has 4 N–H and O–H groups in total. The van der Waals surface area contributed by atoms with Gasteiger partial charge in [0.25, 0.3) is 0 Å². The van der Waals surface area contributed by atoms with Crippen LogP contribution in [0.25, 0.3) is 0 Å². The third-order valence-electron chi connectivity index (χ3n) is 2.57. The van der Waals surface area contributed by atoms with Crippen LogP contribution in [0, 0.1) is 5.82 Å². The van der Waals surface area contributed by atoms with Crippen LogP contribution in [0.5, 0.6) is 0 Å². The van der Waals surface area contributed by atoms with Gasteiger partial charge in [0.1, 0.15) is 5.82 Å². The molecule has 0 bridgehead atoms. The fourth-order valence-electron chi connectivity index (χ4n) is 1.57. The number of urea groups is 1. The van der Waals surface area contributed by atoms with Gasteiger partial charge in [-0.1, -0.05) is 0 Å². The molecule has 0 saturated heterocycles. The topological polar surface area (TPSA) is 102 Å². The second-order valence-corrected chi connectivity index (χ2v) is 4.52. The summed E-state index contributed by atoms with van der Waals surface area (Å²) < 4.78 is 13.6. The van der Waals surface area contributed by atoms with Crippen LogP contribution >= 0.6 is 0 Å². The molecule has 3 amide bonds. The molecule has 116 valence electrons. The molecule has 1 rings (SSSR count). The Hall–Kier alpha value is -2.19. The number of aliphatic hydroxyl groups is 2. The zero-order chi connectivity index (χ0) is 16.0. The normalized spacial score (nSPS) is 11.7. The Kier molecular flexibility index (Phi) is 6.07. The van der Waals surface area contributed by atoms with Crippen molar-refractivity contribution in [2.45, 2.75) is 13.0 Å². The maximum absolute atomic E-state index is 13.6. The summed E-state index contributed by atoms with van der Waals surface area (Å²) >= 11 is 0. The number of likely N-dealkylation sites (N-methyl/N-ethyl adjacent to an activating group) is 1. The number of hydrogen-bond donors (Lipinski definition) is 4. The van der Waals surface area contributed by atoms with E-state index in [2.05, 4.69) is 10.6 Å². The van der Waals surface area contributed by atoms with Crippen molar-refractivity contribution < 1.29 is 24.2 Å². The van der Waals surface area contributed by atoms with Crippen LogP contribution < -0.4 is 10.6 Å². The van der Waals surface area contributed by atoms with Gasteiger partial charge < -0.3 is 25.7 Å². The van der Waals surface area contributed by atoms with Gasteiger partial charge in [-0.2, -0.15) is 0 Å². The molecule has 1 aromatic carbocycles. The van der Waals surface area contributed by atoms with Crippen LogP contribution in [-0.4, -0.2) is 53.4 Å². The summed E-state index contributed by atoms with van der Waals surface area (Å²) in [4.78, 5) is 23.9. The Morgan fingerprint density at radius 1 is 1.38 bits per heavy atom. The molecule has 0 spiro atoms. The summed E-state index contributed by atoms with van der Waals surface area (Å²) in [5.41, 5.74) is 0.244. The average Bonchev–Trinajstić information content (AvgIpc) is 2.41. The molecule has 0 aliphatic heterocycles. The van der Waals surface area contributed by atoms with Crippen molar-refractivity contribution in [1.82, 2.24) is 4.90 Å². The van der Waals surface area contributed by atoms with Crippen molar-refractivity contribution in [2.24, 2.45) is 0 Å². The minimum absolute atomic E-state index is 0.100. The second kappa shape index (κ2) is 7.55. The highest BCUT2D eigenvalue weighted by molar-refractivity contribution is 5.92. The number of anilines is 2. The van der Waals surface area contributed by atoms with E-state index >= 15 is 0 Å². The van der Waals surface area contributed by atoms with Gasteiger partial charge in [0.15, 0.2) is 0 Å². The monoisotopic (exact) mass is 299 g/mol. The number of nitrogens with zero attached hydrogens (tertiary/aromatic N) is 1. The SMILES string of the molecule is CC(=O)Nc1ccc(F)c(NC(=O)N(C)C[C@@H](O)CO)c1. The Morgan fingerprint density at radius 3 is 2.62 bits per heavy atom. The maximum atomic E-state index is 13.6. The Bertz CT molecular complexity index is 524. The summed E-state index contributed by atoms with van der Waals surface area (Å²) in [5.74, 6) is -0.976. The number of carbonyl (C=O) groups excluding carboxylic acids is 2. The lowest BCUT2D eigenvalue weighted by Gasteiger charge is -2.20. The molecule has 1 atom stereocenters. The number of nitrogens with one attached hydrogen (secondary N) is 2. The Balaban J connectivity index is 2.77. The summed E-state index contributed by atoms with van der Waals surface area (Å²) in [6.07, 6.45) is -1.07. The fraction of sp³-hybridized carbons (Fsp3) is 0.385. The van der Waals surface area contributed by atoms with Gasteiger partial charge in [-0.15, -0.1) is 0 Å². The lowest BCUT2D eigenvalue weighted by atomic mass is 10.2. The smallest absolute Gasteiger partial charge is 0.321 e. The third kappa shape index (κ3) is 5.36. The average molecular weight is 299 g/mol. The molecule has 7 nitrogen and oxygen atoms in total. The zero-order valence-electron chi connectivity index (χ0n) is 11.8. The van der Waals surface area contributed by atoms with Crippen molar-refractivity contribution >= 4 is 23.3 Å². The molecule has 0 aliphatic carbocycles. The van der Waals surface area contributed by atoms with E-state index in [9.17, 15) is 19.1 Å². The lowest BCUT2D eigenvalue weighted by molar-refractivity contribution is -0.114. The molecule has 0 unspecified atom stereocenters. The summed E-state index contributed by atoms with van der Waals surface area (Å²) in [5, 5.41) is 22.8. The van der Waals surface area contributed by atoms with Crippen molar-refractivity contribution in [2.75, 3.05) is 30.8 Å². The standard InChI is InChI=1S/C13H18FN3O4/c1-8(19)15-9-3-4-11(14)12(5-9)16-13(21)17(2)6-10(20)7-18/h3-5,10,18,20H,6-7H2,1-2H3,(H,15,19)(H,16,21)/t10-/m1/s1. The van der Waals surface area contributed by atoms with E-state index < -0.39 is 24.6 Å². The molecule has 1 aromatic rings. The van der Waals surface area contributed by atoms with Crippen LogP contribution in [0.2, 0.25) is 0 Å². The van der Waals surface area contributed by atoms with Crippen LogP contribution in [0.15, 0.2) is 18.2 Å². The molecule has 0 radical (unpaired) electrons. The van der Waals surface area contributed by atoms with Crippen molar-refractivity contribution in [1.29, 1.82) is 0 Å². The quantitative estimate of drug-likeness (QED) is 0.639. The predicted octanol–water partition coefficient (Wildman–Crippen LogP) is 0.601. The van der Waals surface area contributed by atoms with Gasteiger partial charge in [0.2, 0.25) is 5.91 Å². The van der Waals surface area contributed by atoms with Gasteiger partial charge in [0.05, 0.1) is 24.9 Å². The lowest BCUT2D eigenvalue weighted by Crippen LogP contribution is -2.38. The largest absolute Gasteiger partial charge is 0.394 e. The first-order chi connectivity index (χ1) is 9.83. The van der Waals surface area contributed by atoms with E-state index in [0.717, 1.165) is 11.0 Å². The number of rotatable bonds is 5. The van der Waals surface area contributed by atoms with Crippen LogP contribution in [0.4, 0.5) is 20.6 Å². The van der Waals surface area contributed by atoms with Gasteiger partial charge in [-0.05, 0) is 18.2 Å². The molecule has 0 aliphatic rings. The molecule has 21 heavy (non-hydrogen) atoms. The number of halogens is 1. The van der Waals surface area contributed by atoms with E-state index in [0.29, 0.717) is 5.69 Å². The predicted molar refractivity (Wildman–Crippen MR) is 75.4 cm³/mol. The maximum Gasteiger partial charge on any atom is 0.321 e. The van der Waals surface area contributed by atoms with Crippen LogP contribution in [0.1, 0.15) is 6.92 Å². The van der Waals surface area contributed by atoms with E-state index in [1.54, 1.807) is 0 Å². The number of aliphatic hydroxyl groups excluding tert-OH is 2. The Morgan fingerprint density at radius 2 is 2.05 bits per heavy atom. The molecule has 0 heterocycles. The van der Waals surface area contributed by atoms with Gasteiger partial charge in [-0.25, -0.2) is 9.18 Å². The van der Waals surface area contributed by atoms with Gasteiger partial charge in [0, 0.05) is 19.7 Å². The number of hydrogen-bond acceptors (Lipinski definition) is 4. The number of carbonyl (C=O) groups is 2. The third-order valence-corrected chi connectivity index (χ3v) is 2.57. The molecule has 0 saturated carbocycles. The highest BCUT2D eigenvalue weighted by Crippen LogP contribution is 2.20. The first-order valence-electron chi connectivity index (χ1n) is 6.21. The first-order valence-corrected chi connectivity index (χ1v) is 6.21. The number of amides is 3. The highest BCUT2D eigenvalue weighted by atomic mass is 19.1. The van der Waals surface area contributed by atoms with Crippen LogP contribution in [-0.2, 0) is 4.79 Å². The van der Waals surface area contributed by atoms with Crippen molar-refractivity contribution in [3.63, 3.8) is 0 Å². The van der Waals surface area contributed by atoms with E-state index in [1.807, 2.05) is 0 Å². The molecule has 0 aromatic heterocycles. The Labute approximate surface area is 121 Å². The minimum atomic E-state index is -1.07.